The number of non-ortho nitro benzene ring substituents is 3. The third-order valence-corrected chi connectivity index (χ3v) is 39.1. The van der Waals surface area contributed by atoms with Crippen molar-refractivity contribution in [3.63, 3.8) is 0 Å². The van der Waals surface area contributed by atoms with Crippen LogP contribution in [0.25, 0.3) is 0 Å². The molecule has 716 valence electrons. The van der Waals surface area contributed by atoms with Crippen molar-refractivity contribution in [2.24, 2.45) is 0 Å². The number of nitro groups is 3. The Hall–Kier alpha value is -12.5. The van der Waals surface area contributed by atoms with E-state index in [9.17, 15) is 114 Å². The first-order valence-corrected chi connectivity index (χ1v) is 56.3. The number of aromatic carboxylic acids is 7. The Morgan fingerprint density at radius 3 is 0.877 bits per heavy atom. The molecule has 138 heavy (non-hydrogen) atoms. The number of benzene rings is 14. The summed E-state index contributed by atoms with van der Waals surface area (Å²) in [6.07, 6.45) is 7.17. The standard InChI is InChI=1S/C19H20IO2.C16H14IO3.C15H12IO4.C15H12IO3.3C13H9INO4/c21-19(22)17-8-4-5-9-18(17)20-16-12-10-15(11-13-16)14-6-2-1-3-7-14;1-2-15(18)11-7-9-12(10-8-11)17-14-6-4-3-5-13(14)16(19)20;1-20-15(19)10-6-8-11(9-7-10)16-13-5-3-2-4-12(13)14(17)18;1-10(17)11-6-8-12(9-7-11)16-14-5-3-2-4-13(14)15(18)19;16-13(17)11-6-1-2-7-12(11)14-9-4-3-5-10(8-9)15(18)19;16-13(17)11-3-1-2-4-12(11)14-9-5-7-10(8-6-9)15(18)19;16-13(17)11-7-6-10(15(18)19)8-12(11)14-9-4-2-1-3-5-9/h4-5,8-14H,1-3,6-7H2,(H,21,22);3-10H,2H2,1H3,(H,19,20);2-9H,1H3,(H,17,18);2-9H,1H3,(H,18,19);3*1-8H,(H,16,17)/q7*-1/p-7. The first-order chi connectivity index (χ1) is 66.3. The van der Waals surface area contributed by atoms with E-state index in [1.54, 1.807) is 140 Å². The number of carbonyl (C=O) groups is 10. The number of ketones is 2. The van der Waals surface area contributed by atoms with E-state index in [0.29, 0.717) is 35.8 Å². The first kappa shape index (κ1) is 109. The molecule has 0 radical (unpaired) electrons. The van der Waals surface area contributed by atoms with Crippen molar-refractivity contribution in [2.75, 3.05) is 7.11 Å². The molecule has 0 unspecified atom stereocenters. The van der Waals surface area contributed by atoms with Gasteiger partial charge in [-0.1, -0.05) is 0 Å². The Balaban J connectivity index is 0.000000180. The van der Waals surface area contributed by atoms with Gasteiger partial charge in [0.15, 0.2) is 0 Å². The molecule has 0 saturated heterocycles. The van der Waals surface area contributed by atoms with Crippen molar-refractivity contribution >= 4 is 76.4 Å². The molecule has 0 heterocycles. The number of carboxylic acids is 7. The summed E-state index contributed by atoms with van der Waals surface area (Å²) in [6, 6.07) is 97.3. The van der Waals surface area contributed by atoms with Crippen LogP contribution >= 0.6 is 0 Å². The molecule has 1 saturated carbocycles. The number of hydrogen-bond acceptors (Lipinski definition) is 24. The quantitative estimate of drug-likeness (QED) is 0.0138. The molecular weight excluding hydrogens is 2560 g/mol. The molecule has 0 N–H and O–H groups in total. The number of Topliss-reactive ketones (excluding diaryl/α,β-unsaturated/α-hetero) is 2. The van der Waals surface area contributed by atoms with Crippen LogP contribution in [0.1, 0.15) is 167 Å². The van der Waals surface area contributed by atoms with Gasteiger partial charge in [0.25, 0.3) is 0 Å². The molecule has 0 aliphatic heterocycles. The van der Waals surface area contributed by atoms with E-state index in [2.05, 4.69) is 29.0 Å². The summed E-state index contributed by atoms with van der Waals surface area (Å²) in [6.45, 7) is 3.36. The van der Waals surface area contributed by atoms with Gasteiger partial charge in [0.05, 0.1) is 0 Å². The number of nitro benzene ring substituents is 3. The van der Waals surface area contributed by atoms with Gasteiger partial charge >= 0.3 is 875 Å². The monoisotopic (exact) mass is 2640 g/mol. The van der Waals surface area contributed by atoms with Crippen molar-refractivity contribution in [3.05, 3.63) is 481 Å². The van der Waals surface area contributed by atoms with E-state index in [1.807, 2.05) is 128 Å². The molecule has 14 aromatic carbocycles. The molecule has 1 fully saturated rings. The summed E-state index contributed by atoms with van der Waals surface area (Å²) in [7, 11) is 1.33. The minimum atomic E-state index is -1.31. The van der Waals surface area contributed by atoms with Crippen molar-refractivity contribution in [1.29, 1.82) is 0 Å². The summed E-state index contributed by atoms with van der Waals surface area (Å²) in [5.41, 5.74) is 4.70. The third-order valence-electron chi connectivity index (χ3n) is 19.2. The Morgan fingerprint density at radius 2 is 0.551 bits per heavy atom. The summed E-state index contributed by atoms with van der Waals surface area (Å²) >= 11 is -4.59. The number of esters is 1. The zero-order valence-electron chi connectivity index (χ0n) is 72.9. The van der Waals surface area contributed by atoms with Gasteiger partial charge in [-0.2, -0.15) is 0 Å². The molecule has 0 bridgehead atoms. The normalized spacial score (nSPS) is 11.2. The average Bonchev–Trinajstić information content (AvgIpc) is 0.818. The van der Waals surface area contributed by atoms with Crippen molar-refractivity contribution in [2.45, 2.75) is 58.3 Å². The van der Waals surface area contributed by atoms with E-state index in [-0.39, 0.29) is 68.0 Å². The maximum atomic E-state index is 11.5. The number of carboxylic acid groups (broad SMARTS) is 7. The number of ether oxygens (including phenoxy) is 1. The molecule has 0 amide bonds. The molecular formula is C104H78I7N3O24-14. The summed E-state index contributed by atoms with van der Waals surface area (Å²) in [5.74, 6) is -7.76. The number of methoxy groups -OCH3 is 1. The van der Waals surface area contributed by atoms with Crippen LogP contribution in [0, 0.1) is 80.3 Å². The molecule has 27 nitrogen and oxygen atoms in total. The van der Waals surface area contributed by atoms with E-state index in [4.69, 9.17) is 0 Å². The second-order valence-corrected chi connectivity index (χ2v) is 49.1. The van der Waals surface area contributed by atoms with Crippen molar-refractivity contribution < 1.29 is 252 Å². The molecule has 0 aromatic heterocycles. The Kier molecular flexibility index (Phi) is 44.6. The number of nitrogens with zero attached hydrogens (tertiary/aromatic N) is 3. The zero-order valence-corrected chi connectivity index (χ0v) is 88.0. The number of halogens is 7. The SMILES string of the molecule is CC(=O)c1ccc([I-]c2ccccc2C(=O)[O-])cc1.CCC(=O)c1ccc([I-]c2ccccc2C(=O)[O-])cc1.COC(=O)c1ccc([I-]c2ccccc2C(=O)[O-])cc1.O=C([O-])c1ccc([N+](=O)[O-])cc1[I-]c1ccccc1.O=C([O-])c1ccccc1[I-]c1ccc(C2CCCCC2)cc1.O=C([O-])c1ccccc1[I-]c1ccc([N+](=O)[O-])cc1.O=C([O-])c1ccccc1[I-]c1cccc([N+](=O)[O-])c1. The van der Waals surface area contributed by atoms with Gasteiger partial charge in [0.2, 0.25) is 0 Å². The van der Waals surface area contributed by atoms with E-state index >= 15 is 0 Å². The van der Waals surface area contributed by atoms with Crippen molar-refractivity contribution in [3.8, 4) is 0 Å². The predicted octanol–water partition coefficient (Wildman–Crippen LogP) is -10.4. The molecule has 0 spiro atoms. The molecule has 34 heteroatoms. The van der Waals surface area contributed by atoms with Gasteiger partial charge in [-0.15, -0.1) is 0 Å². The molecule has 1 aliphatic carbocycles. The molecule has 0 atom stereocenters. The van der Waals surface area contributed by atoms with Crippen LogP contribution in [-0.4, -0.2) is 81.2 Å². The van der Waals surface area contributed by atoms with E-state index in [0.717, 1.165) is 45.2 Å². The molecule has 15 rings (SSSR count). The average molecular weight is 2640 g/mol. The fraction of sp³-hybridized carbons (Fsp3) is 0.0962. The number of carbonyl (C=O) groups excluding carboxylic acids is 10. The van der Waals surface area contributed by atoms with Gasteiger partial charge < -0.3 is 0 Å². The second kappa shape index (κ2) is 56.4. The van der Waals surface area contributed by atoms with E-state index < -0.39 is 205 Å². The third kappa shape index (κ3) is 34.9. The van der Waals surface area contributed by atoms with Crippen LogP contribution < -0.4 is 184 Å². The maximum absolute atomic E-state index is 11.5. The topological polar surface area (TPSA) is 471 Å². The summed E-state index contributed by atoms with van der Waals surface area (Å²) in [5, 5.41) is 109. The van der Waals surface area contributed by atoms with Crippen LogP contribution in [0.4, 0.5) is 17.1 Å². The number of hydrogen-bond donors (Lipinski definition) is 0. The van der Waals surface area contributed by atoms with Gasteiger partial charge in [-0.25, -0.2) is 0 Å². The summed E-state index contributed by atoms with van der Waals surface area (Å²) in [4.78, 5) is 142. The van der Waals surface area contributed by atoms with Gasteiger partial charge in [-0.05, 0) is 0 Å². The predicted molar refractivity (Wildman–Crippen MR) is 464 cm³/mol. The van der Waals surface area contributed by atoms with Crippen LogP contribution in [0.2, 0.25) is 0 Å². The van der Waals surface area contributed by atoms with Crippen molar-refractivity contribution in [1.82, 2.24) is 0 Å². The second-order valence-electron chi connectivity index (χ2n) is 28.5. The van der Waals surface area contributed by atoms with E-state index in [1.165, 1.54) is 110 Å². The van der Waals surface area contributed by atoms with Crippen LogP contribution in [0.5, 0.6) is 0 Å². The molecule has 14 aromatic rings. The Bertz CT molecular complexity index is 6440. The Labute approximate surface area is 864 Å². The minimum absolute atomic E-state index is 0.0168. The van der Waals surface area contributed by atoms with Crippen LogP contribution in [0.15, 0.2) is 340 Å². The summed E-state index contributed by atoms with van der Waals surface area (Å²) < 4.78 is 17.0. The van der Waals surface area contributed by atoms with Gasteiger partial charge in [0.1, 0.15) is 0 Å². The molecule has 1 aliphatic rings. The van der Waals surface area contributed by atoms with Crippen LogP contribution in [0.3, 0.4) is 0 Å². The number of rotatable bonds is 29. The first-order valence-electron chi connectivity index (χ1n) is 41.2. The van der Waals surface area contributed by atoms with Gasteiger partial charge in [0, 0.05) is 0 Å². The zero-order chi connectivity index (χ0) is 99.7. The van der Waals surface area contributed by atoms with Gasteiger partial charge in [-0.3, -0.25) is 0 Å². The fourth-order valence-corrected chi connectivity index (χ4v) is 29.9. The Morgan fingerprint density at radius 1 is 0.283 bits per heavy atom. The fourth-order valence-electron chi connectivity index (χ4n) is 12.3. The van der Waals surface area contributed by atoms with Crippen LogP contribution in [-0.2, 0) is 4.74 Å².